The molecule has 0 N–H and O–H groups in total. The highest BCUT2D eigenvalue weighted by Gasteiger charge is 2.43. The SMILES string of the molecule is Cc1cccc(N2C(=O)c3oc4cc(C)c(C)cc4c(=O)c3C2c2ccc(C(C)(C)C)cc2)c1. The lowest BCUT2D eigenvalue weighted by molar-refractivity contribution is 0.0971. The summed E-state index contributed by atoms with van der Waals surface area (Å²) in [6, 6.07) is 19.2. The van der Waals surface area contributed by atoms with Gasteiger partial charge in [-0.05, 0) is 78.3 Å². The average molecular weight is 452 g/mol. The van der Waals surface area contributed by atoms with E-state index in [2.05, 4.69) is 32.9 Å². The lowest BCUT2D eigenvalue weighted by atomic mass is 9.85. The van der Waals surface area contributed by atoms with Crippen LogP contribution in [-0.2, 0) is 5.41 Å². The number of fused-ring (bicyclic) bond motifs is 2. The third-order valence-electron chi connectivity index (χ3n) is 6.86. The highest BCUT2D eigenvalue weighted by Crippen LogP contribution is 2.42. The Bertz CT molecular complexity index is 1500. The Hall–Kier alpha value is -3.66. The first kappa shape index (κ1) is 22.1. The first-order valence-electron chi connectivity index (χ1n) is 11.6. The zero-order valence-electron chi connectivity index (χ0n) is 20.5. The molecule has 5 rings (SSSR count). The molecule has 3 aromatic carbocycles. The van der Waals surface area contributed by atoms with Crippen LogP contribution in [-0.4, -0.2) is 5.91 Å². The molecule has 0 saturated heterocycles. The van der Waals surface area contributed by atoms with Crippen molar-refractivity contribution in [1.29, 1.82) is 0 Å². The van der Waals surface area contributed by atoms with Crippen LogP contribution in [0.25, 0.3) is 11.0 Å². The Labute approximate surface area is 199 Å². The van der Waals surface area contributed by atoms with Gasteiger partial charge in [0.05, 0.1) is 17.0 Å². The van der Waals surface area contributed by atoms with E-state index in [1.54, 1.807) is 4.90 Å². The van der Waals surface area contributed by atoms with Gasteiger partial charge in [0.1, 0.15) is 5.58 Å². The fourth-order valence-electron chi connectivity index (χ4n) is 4.75. The molecule has 1 atom stereocenters. The summed E-state index contributed by atoms with van der Waals surface area (Å²) in [5.41, 5.74) is 6.62. The van der Waals surface area contributed by atoms with Gasteiger partial charge in [-0.1, -0.05) is 57.2 Å². The maximum Gasteiger partial charge on any atom is 0.295 e. The Kier molecular flexibility index (Phi) is 5.01. The van der Waals surface area contributed by atoms with E-state index in [1.165, 1.54) is 5.56 Å². The second-order valence-electron chi connectivity index (χ2n) is 10.4. The van der Waals surface area contributed by atoms with E-state index < -0.39 is 6.04 Å². The lowest BCUT2D eigenvalue weighted by Crippen LogP contribution is -2.29. The fourth-order valence-corrected chi connectivity index (χ4v) is 4.75. The molecule has 1 aromatic heterocycles. The summed E-state index contributed by atoms with van der Waals surface area (Å²) in [4.78, 5) is 29.3. The van der Waals surface area contributed by atoms with E-state index in [4.69, 9.17) is 4.42 Å². The van der Waals surface area contributed by atoms with Crippen LogP contribution in [0.1, 0.15) is 70.7 Å². The standard InChI is InChI=1S/C30H29NO3/c1-17-8-7-9-22(14-17)31-26(20-10-12-21(13-11-20)30(4,5)6)25-27(32)23-15-18(2)19(3)16-24(23)34-28(25)29(31)33/h7-16,26H,1-6H3. The van der Waals surface area contributed by atoms with Gasteiger partial charge in [-0.3, -0.25) is 14.5 Å². The van der Waals surface area contributed by atoms with Crippen LogP contribution in [0.4, 0.5) is 5.69 Å². The molecule has 0 bridgehead atoms. The maximum absolute atomic E-state index is 13.8. The normalized spacial score (nSPS) is 15.8. The molecule has 4 nitrogen and oxygen atoms in total. The number of benzene rings is 3. The Morgan fingerprint density at radius 3 is 2.18 bits per heavy atom. The zero-order chi connectivity index (χ0) is 24.4. The summed E-state index contributed by atoms with van der Waals surface area (Å²) < 4.78 is 6.15. The Morgan fingerprint density at radius 2 is 1.53 bits per heavy atom. The zero-order valence-corrected chi connectivity index (χ0v) is 20.5. The van der Waals surface area contributed by atoms with Crippen molar-refractivity contribution in [2.45, 2.75) is 53.0 Å². The molecule has 0 radical (unpaired) electrons. The van der Waals surface area contributed by atoms with E-state index >= 15 is 0 Å². The van der Waals surface area contributed by atoms with Gasteiger partial charge >= 0.3 is 0 Å². The van der Waals surface area contributed by atoms with Gasteiger partial charge in [0.2, 0.25) is 5.76 Å². The lowest BCUT2D eigenvalue weighted by Gasteiger charge is -2.26. The number of rotatable bonds is 2. The van der Waals surface area contributed by atoms with Gasteiger partial charge in [0.25, 0.3) is 5.91 Å². The molecule has 1 unspecified atom stereocenters. The van der Waals surface area contributed by atoms with Crippen LogP contribution >= 0.6 is 0 Å². The van der Waals surface area contributed by atoms with Crippen molar-refractivity contribution >= 4 is 22.6 Å². The molecular formula is C30H29NO3. The second kappa shape index (κ2) is 7.69. The molecule has 0 fully saturated rings. The molecule has 1 amide bonds. The Balaban J connectivity index is 1.79. The molecule has 0 aliphatic carbocycles. The third-order valence-corrected chi connectivity index (χ3v) is 6.86. The summed E-state index contributed by atoms with van der Waals surface area (Å²) in [5, 5.41) is 0.511. The number of nitrogens with zero attached hydrogens (tertiary/aromatic N) is 1. The van der Waals surface area contributed by atoms with Crippen LogP contribution in [0.2, 0.25) is 0 Å². The summed E-state index contributed by atoms with van der Waals surface area (Å²) >= 11 is 0. The van der Waals surface area contributed by atoms with E-state index in [9.17, 15) is 9.59 Å². The first-order chi connectivity index (χ1) is 16.1. The van der Waals surface area contributed by atoms with Crippen molar-refractivity contribution in [3.05, 3.63) is 110 Å². The van der Waals surface area contributed by atoms with Gasteiger partial charge in [-0.2, -0.15) is 0 Å². The minimum Gasteiger partial charge on any atom is -0.450 e. The fraction of sp³-hybridized carbons (Fsp3) is 0.267. The number of hydrogen-bond acceptors (Lipinski definition) is 3. The highest BCUT2D eigenvalue weighted by molar-refractivity contribution is 6.10. The predicted molar refractivity (Wildman–Crippen MR) is 137 cm³/mol. The van der Waals surface area contributed by atoms with Crippen LogP contribution in [0.5, 0.6) is 0 Å². The third kappa shape index (κ3) is 3.45. The Morgan fingerprint density at radius 1 is 0.853 bits per heavy atom. The molecule has 34 heavy (non-hydrogen) atoms. The van der Waals surface area contributed by atoms with Gasteiger partial charge in [-0.25, -0.2) is 0 Å². The van der Waals surface area contributed by atoms with Crippen LogP contribution in [0.15, 0.2) is 69.9 Å². The van der Waals surface area contributed by atoms with Gasteiger partial charge < -0.3 is 4.42 Å². The molecule has 2 heterocycles. The number of amides is 1. The van der Waals surface area contributed by atoms with Crippen molar-refractivity contribution in [2.24, 2.45) is 0 Å². The molecular weight excluding hydrogens is 422 g/mol. The number of aryl methyl sites for hydroxylation is 3. The highest BCUT2D eigenvalue weighted by atomic mass is 16.3. The van der Waals surface area contributed by atoms with E-state index in [0.717, 1.165) is 27.9 Å². The molecule has 1 aliphatic rings. The maximum atomic E-state index is 13.8. The monoisotopic (exact) mass is 451 g/mol. The summed E-state index contributed by atoms with van der Waals surface area (Å²) in [7, 11) is 0. The van der Waals surface area contributed by atoms with E-state index in [0.29, 0.717) is 16.5 Å². The first-order valence-corrected chi connectivity index (χ1v) is 11.6. The largest absolute Gasteiger partial charge is 0.450 e. The number of carbonyl (C=O) groups excluding carboxylic acids is 1. The van der Waals surface area contributed by atoms with Crippen molar-refractivity contribution in [3.63, 3.8) is 0 Å². The second-order valence-corrected chi connectivity index (χ2v) is 10.4. The van der Waals surface area contributed by atoms with Gasteiger partial charge in [0, 0.05) is 5.69 Å². The predicted octanol–water partition coefficient (Wildman–Crippen LogP) is 6.77. The minimum atomic E-state index is -0.555. The summed E-state index contributed by atoms with van der Waals surface area (Å²) in [6.45, 7) is 12.5. The molecule has 172 valence electrons. The molecule has 4 aromatic rings. The van der Waals surface area contributed by atoms with Gasteiger partial charge in [-0.15, -0.1) is 0 Å². The number of hydrogen-bond donors (Lipinski definition) is 0. The smallest absolute Gasteiger partial charge is 0.295 e. The van der Waals surface area contributed by atoms with Crippen molar-refractivity contribution in [2.75, 3.05) is 4.90 Å². The van der Waals surface area contributed by atoms with Crippen molar-refractivity contribution in [3.8, 4) is 0 Å². The summed E-state index contributed by atoms with van der Waals surface area (Å²) in [5.74, 6) is -0.158. The molecule has 0 spiro atoms. The minimum absolute atomic E-state index is 0.00276. The van der Waals surface area contributed by atoms with E-state index in [1.807, 2.05) is 69.3 Å². The average Bonchev–Trinajstić information content (AvgIpc) is 3.07. The van der Waals surface area contributed by atoms with Crippen LogP contribution in [0.3, 0.4) is 0 Å². The number of carbonyl (C=O) groups is 1. The van der Waals surface area contributed by atoms with Crippen molar-refractivity contribution < 1.29 is 9.21 Å². The van der Waals surface area contributed by atoms with Crippen LogP contribution in [0, 0.1) is 20.8 Å². The van der Waals surface area contributed by atoms with E-state index in [-0.39, 0.29) is 22.5 Å². The number of anilines is 1. The molecule has 4 heteroatoms. The van der Waals surface area contributed by atoms with Crippen LogP contribution < -0.4 is 10.3 Å². The molecule has 1 aliphatic heterocycles. The quantitative estimate of drug-likeness (QED) is 0.338. The topological polar surface area (TPSA) is 50.5 Å². The van der Waals surface area contributed by atoms with Gasteiger partial charge in [0.15, 0.2) is 5.43 Å². The summed E-state index contributed by atoms with van der Waals surface area (Å²) in [6.07, 6.45) is 0. The van der Waals surface area contributed by atoms with Crippen molar-refractivity contribution in [1.82, 2.24) is 0 Å². The molecule has 0 saturated carbocycles.